The van der Waals surface area contributed by atoms with Crippen molar-refractivity contribution < 1.29 is 4.74 Å². The number of hydrogen-bond acceptors (Lipinski definition) is 2. The lowest BCUT2D eigenvalue weighted by molar-refractivity contribution is 0.476. The van der Waals surface area contributed by atoms with Gasteiger partial charge >= 0.3 is 0 Å². The lowest BCUT2D eigenvalue weighted by Gasteiger charge is -2.23. The van der Waals surface area contributed by atoms with Gasteiger partial charge in [0.1, 0.15) is 11.3 Å². The van der Waals surface area contributed by atoms with E-state index in [-0.39, 0.29) is 0 Å². The van der Waals surface area contributed by atoms with E-state index in [1.54, 1.807) is 0 Å². The fraction of sp³-hybridized carbons (Fsp3) is 0.0571. The van der Waals surface area contributed by atoms with E-state index >= 15 is 0 Å². The van der Waals surface area contributed by atoms with Crippen molar-refractivity contribution in [1.29, 1.82) is 0 Å². The van der Waals surface area contributed by atoms with Crippen molar-refractivity contribution in [2.24, 2.45) is 0 Å². The summed E-state index contributed by atoms with van der Waals surface area (Å²) in [6.07, 6.45) is 0.854. The zero-order chi connectivity index (χ0) is 25.2. The van der Waals surface area contributed by atoms with Crippen LogP contribution in [-0.2, 0) is 6.42 Å². The first kappa shape index (κ1) is 21.2. The predicted octanol–water partition coefficient (Wildman–Crippen LogP) is 9.33. The summed E-state index contributed by atoms with van der Waals surface area (Å²) in [7, 11) is 0. The van der Waals surface area contributed by atoms with Gasteiger partial charge in [-0.05, 0) is 80.7 Å². The van der Waals surface area contributed by atoms with Gasteiger partial charge in [-0.1, -0.05) is 79.7 Å². The summed E-state index contributed by atoms with van der Waals surface area (Å²) in [4.78, 5) is 4.93. The summed E-state index contributed by atoms with van der Waals surface area (Å²) in [6, 6.07) is 41.1. The minimum absolute atomic E-state index is 0.854. The molecule has 0 spiro atoms. The number of imidazole rings is 1. The summed E-state index contributed by atoms with van der Waals surface area (Å²) >= 11 is 0. The molecule has 180 valence electrons. The van der Waals surface area contributed by atoms with Crippen LogP contribution < -0.4 is 4.74 Å². The second kappa shape index (κ2) is 8.06. The largest absolute Gasteiger partial charge is 0.452 e. The molecule has 3 nitrogen and oxygen atoms in total. The molecule has 1 aliphatic heterocycles. The first-order valence-corrected chi connectivity index (χ1v) is 13.1. The third kappa shape index (κ3) is 3.12. The standard InChI is InChI=1S/C35H24N2O/c1-2-33-36-30-18-17-29(35-34(30)37(33)31-9-5-6-10-32(31)38-35)28-16-15-26-20-25(13-14-27(26)21-28)24-12-11-22-7-3-4-8-23(22)19-24/h3-21H,2H2,1H3. The molecular weight excluding hydrogens is 464 g/mol. The molecule has 0 unspecified atom stereocenters. The van der Waals surface area contributed by atoms with Gasteiger partial charge in [0.25, 0.3) is 0 Å². The normalized spacial score (nSPS) is 12.1. The Bertz CT molecular complexity index is 2050. The second-order valence-corrected chi connectivity index (χ2v) is 9.94. The molecule has 0 radical (unpaired) electrons. The van der Waals surface area contributed by atoms with Crippen molar-refractivity contribution in [3.63, 3.8) is 0 Å². The molecule has 8 rings (SSSR count). The van der Waals surface area contributed by atoms with Gasteiger partial charge in [0.05, 0.1) is 11.2 Å². The van der Waals surface area contributed by atoms with Crippen molar-refractivity contribution in [1.82, 2.24) is 9.55 Å². The zero-order valence-corrected chi connectivity index (χ0v) is 21.0. The van der Waals surface area contributed by atoms with Crippen molar-refractivity contribution in [2.75, 3.05) is 0 Å². The predicted molar refractivity (Wildman–Crippen MR) is 156 cm³/mol. The van der Waals surface area contributed by atoms with E-state index in [1.165, 1.54) is 32.7 Å². The molecule has 3 heteroatoms. The van der Waals surface area contributed by atoms with Crippen LogP contribution >= 0.6 is 0 Å². The van der Waals surface area contributed by atoms with Crippen molar-refractivity contribution >= 4 is 32.6 Å². The van der Waals surface area contributed by atoms with Crippen LogP contribution in [0.3, 0.4) is 0 Å². The number of aryl methyl sites for hydroxylation is 1. The monoisotopic (exact) mass is 488 g/mol. The molecule has 1 aromatic heterocycles. The lowest BCUT2D eigenvalue weighted by Crippen LogP contribution is -2.07. The molecule has 0 atom stereocenters. The number of rotatable bonds is 3. The highest BCUT2D eigenvalue weighted by molar-refractivity contribution is 5.98. The third-order valence-electron chi connectivity index (χ3n) is 7.71. The first-order chi connectivity index (χ1) is 18.8. The Morgan fingerprint density at radius 3 is 2.05 bits per heavy atom. The molecule has 0 saturated heterocycles. The van der Waals surface area contributed by atoms with Crippen molar-refractivity contribution in [2.45, 2.75) is 13.3 Å². The van der Waals surface area contributed by atoms with E-state index in [0.717, 1.165) is 51.6 Å². The number of aromatic nitrogens is 2. The Hall–Kier alpha value is -4.89. The quantitative estimate of drug-likeness (QED) is 0.248. The van der Waals surface area contributed by atoms with Crippen LogP contribution in [0, 0.1) is 0 Å². The Morgan fingerprint density at radius 2 is 1.26 bits per heavy atom. The molecule has 2 heterocycles. The van der Waals surface area contributed by atoms with Crippen LogP contribution in [0.1, 0.15) is 12.7 Å². The molecule has 0 amide bonds. The Morgan fingerprint density at radius 1 is 0.632 bits per heavy atom. The van der Waals surface area contributed by atoms with Gasteiger partial charge in [0.15, 0.2) is 11.5 Å². The van der Waals surface area contributed by atoms with E-state index < -0.39 is 0 Å². The smallest absolute Gasteiger partial charge is 0.161 e. The average molecular weight is 489 g/mol. The van der Waals surface area contributed by atoms with Crippen LogP contribution in [-0.4, -0.2) is 9.55 Å². The van der Waals surface area contributed by atoms with Crippen LogP contribution in [0.25, 0.3) is 60.5 Å². The summed E-state index contributed by atoms with van der Waals surface area (Å²) in [5, 5.41) is 4.95. The third-order valence-corrected chi connectivity index (χ3v) is 7.71. The number of fused-ring (bicyclic) bond motifs is 4. The highest BCUT2D eigenvalue weighted by atomic mass is 16.5. The fourth-order valence-electron chi connectivity index (χ4n) is 5.81. The highest BCUT2D eigenvalue weighted by Crippen LogP contribution is 2.46. The Balaban J connectivity index is 1.26. The summed E-state index contributed by atoms with van der Waals surface area (Å²) in [5.41, 5.74) is 7.74. The van der Waals surface area contributed by atoms with E-state index in [1.807, 2.05) is 12.1 Å². The van der Waals surface area contributed by atoms with E-state index in [0.29, 0.717) is 0 Å². The van der Waals surface area contributed by atoms with Gasteiger partial charge in [0.2, 0.25) is 0 Å². The average Bonchev–Trinajstić information content (AvgIpc) is 3.37. The van der Waals surface area contributed by atoms with Crippen LogP contribution in [0.4, 0.5) is 0 Å². The molecular formula is C35H24N2O. The van der Waals surface area contributed by atoms with Crippen LogP contribution in [0.2, 0.25) is 0 Å². The minimum Gasteiger partial charge on any atom is -0.452 e. The topological polar surface area (TPSA) is 27.1 Å². The molecule has 0 N–H and O–H groups in total. The van der Waals surface area contributed by atoms with E-state index in [2.05, 4.69) is 115 Å². The van der Waals surface area contributed by atoms with Gasteiger partial charge in [-0.15, -0.1) is 0 Å². The molecule has 38 heavy (non-hydrogen) atoms. The van der Waals surface area contributed by atoms with Crippen LogP contribution in [0.5, 0.6) is 11.5 Å². The minimum atomic E-state index is 0.854. The number of hydrogen-bond donors (Lipinski definition) is 0. The highest BCUT2D eigenvalue weighted by Gasteiger charge is 2.26. The van der Waals surface area contributed by atoms with Gasteiger partial charge in [-0.2, -0.15) is 0 Å². The Labute approximate surface area is 220 Å². The molecule has 6 aromatic carbocycles. The molecule has 7 aromatic rings. The van der Waals surface area contributed by atoms with Gasteiger partial charge in [0, 0.05) is 12.0 Å². The maximum atomic E-state index is 6.56. The molecule has 0 saturated carbocycles. The summed E-state index contributed by atoms with van der Waals surface area (Å²) in [6.45, 7) is 2.15. The SMILES string of the molecule is CCc1nc2ccc(-c3ccc4cc(-c5ccc6ccccc6c5)ccc4c3)c3c2n1-c1ccccc1O3. The van der Waals surface area contributed by atoms with E-state index in [4.69, 9.17) is 9.72 Å². The maximum absolute atomic E-state index is 6.56. The molecule has 1 aliphatic rings. The number of ether oxygens (including phenoxy) is 1. The fourth-order valence-corrected chi connectivity index (χ4v) is 5.81. The molecule has 0 aliphatic carbocycles. The van der Waals surface area contributed by atoms with Gasteiger partial charge in [-0.3, -0.25) is 4.57 Å². The molecule has 0 bridgehead atoms. The van der Waals surface area contributed by atoms with Crippen molar-refractivity contribution in [3.05, 3.63) is 121 Å². The number of benzene rings is 6. The zero-order valence-electron chi connectivity index (χ0n) is 21.0. The van der Waals surface area contributed by atoms with Crippen molar-refractivity contribution in [3.8, 4) is 39.4 Å². The Kier molecular flexibility index (Phi) is 4.50. The summed E-state index contributed by atoms with van der Waals surface area (Å²) < 4.78 is 8.82. The van der Waals surface area contributed by atoms with Gasteiger partial charge in [-0.25, -0.2) is 4.98 Å². The molecule has 0 fully saturated rings. The van der Waals surface area contributed by atoms with Gasteiger partial charge < -0.3 is 4.74 Å². The lowest BCUT2D eigenvalue weighted by atomic mass is 9.96. The van der Waals surface area contributed by atoms with E-state index in [9.17, 15) is 0 Å². The maximum Gasteiger partial charge on any atom is 0.161 e. The van der Waals surface area contributed by atoms with Crippen LogP contribution in [0.15, 0.2) is 115 Å². The number of para-hydroxylation sites is 2. The number of nitrogens with zero attached hydrogens (tertiary/aromatic N) is 2. The second-order valence-electron chi connectivity index (χ2n) is 9.94. The summed E-state index contributed by atoms with van der Waals surface area (Å²) in [5.74, 6) is 2.79. The first-order valence-electron chi connectivity index (χ1n) is 13.1.